The van der Waals surface area contributed by atoms with Crippen molar-refractivity contribution >= 4 is 5.69 Å². The van der Waals surface area contributed by atoms with Crippen LogP contribution in [0.4, 0.5) is 10.1 Å². The molecule has 0 saturated heterocycles. The second-order valence-electron chi connectivity index (χ2n) is 3.42. The lowest BCUT2D eigenvalue weighted by atomic mass is 10.3. The fourth-order valence-corrected chi connectivity index (χ4v) is 1.33. The lowest BCUT2D eigenvalue weighted by molar-refractivity contribution is 0.301. The molecule has 17 heavy (non-hydrogen) atoms. The Bertz CT molecular complexity index is 487. The molecule has 0 fully saturated rings. The van der Waals surface area contributed by atoms with Gasteiger partial charge in [0.15, 0.2) is 0 Å². The molecule has 5 heteroatoms. The first-order chi connectivity index (χ1) is 8.28. The third kappa shape index (κ3) is 3.15. The van der Waals surface area contributed by atoms with Gasteiger partial charge in [-0.2, -0.15) is 0 Å². The summed E-state index contributed by atoms with van der Waals surface area (Å²) in [7, 11) is 0. The van der Waals surface area contributed by atoms with Gasteiger partial charge < -0.3 is 10.2 Å². The maximum atomic E-state index is 12.7. The zero-order valence-corrected chi connectivity index (χ0v) is 9.06. The summed E-state index contributed by atoms with van der Waals surface area (Å²) in [5.41, 5.74) is 4.03. The van der Waals surface area contributed by atoms with Crippen LogP contribution in [0.25, 0.3) is 0 Å². The number of benzene rings is 1. The molecule has 1 heterocycles. The monoisotopic (exact) mass is 233 g/mol. The maximum absolute atomic E-state index is 12.7. The van der Waals surface area contributed by atoms with Gasteiger partial charge in [0.05, 0.1) is 11.4 Å². The second kappa shape index (κ2) is 5.27. The number of ether oxygens (including phenoxy) is 1. The Hall–Kier alpha value is -2.14. The van der Waals surface area contributed by atoms with Gasteiger partial charge in [-0.3, -0.25) is 10.8 Å². The number of hydrogen-bond acceptors (Lipinski definition) is 4. The fourth-order valence-electron chi connectivity index (χ4n) is 1.33. The van der Waals surface area contributed by atoms with Crippen molar-refractivity contribution in [2.45, 2.75) is 6.61 Å². The standard InChI is InChI=1S/C12H12FN3O/c13-9-1-3-12(4-2-9)17-8-11-7-10(16-14)5-6-15-11/h1-7H,8,14H2,(H,15,16). The Balaban J connectivity index is 1.99. The molecule has 0 radical (unpaired) electrons. The summed E-state index contributed by atoms with van der Waals surface area (Å²) in [4.78, 5) is 4.13. The van der Waals surface area contributed by atoms with Crippen molar-refractivity contribution in [3.05, 3.63) is 54.1 Å². The summed E-state index contributed by atoms with van der Waals surface area (Å²) < 4.78 is 18.1. The molecular formula is C12H12FN3O. The van der Waals surface area contributed by atoms with Crippen LogP contribution in [-0.4, -0.2) is 4.98 Å². The van der Waals surface area contributed by atoms with Crippen LogP contribution in [0.1, 0.15) is 5.69 Å². The first-order valence-electron chi connectivity index (χ1n) is 5.08. The van der Waals surface area contributed by atoms with E-state index in [9.17, 15) is 4.39 Å². The molecular weight excluding hydrogens is 221 g/mol. The molecule has 1 aromatic heterocycles. The van der Waals surface area contributed by atoms with Gasteiger partial charge in [0.25, 0.3) is 0 Å². The number of hydrogen-bond donors (Lipinski definition) is 2. The van der Waals surface area contributed by atoms with E-state index in [2.05, 4.69) is 10.4 Å². The fraction of sp³-hybridized carbons (Fsp3) is 0.0833. The van der Waals surface area contributed by atoms with E-state index < -0.39 is 0 Å². The molecule has 0 spiro atoms. The number of nitrogens with two attached hydrogens (primary N) is 1. The highest BCUT2D eigenvalue weighted by Gasteiger charge is 1.99. The molecule has 3 N–H and O–H groups in total. The predicted molar refractivity (Wildman–Crippen MR) is 62.8 cm³/mol. The van der Waals surface area contributed by atoms with Gasteiger partial charge in [0.2, 0.25) is 0 Å². The highest BCUT2D eigenvalue weighted by molar-refractivity contribution is 5.41. The summed E-state index contributed by atoms with van der Waals surface area (Å²) in [6, 6.07) is 9.37. The number of anilines is 1. The lowest BCUT2D eigenvalue weighted by Crippen LogP contribution is -2.08. The van der Waals surface area contributed by atoms with Crippen molar-refractivity contribution in [1.29, 1.82) is 0 Å². The summed E-state index contributed by atoms with van der Waals surface area (Å²) in [6.07, 6.45) is 1.64. The van der Waals surface area contributed by atoms with E-state index in [1.165, 1.54) is 12.1 Å². The molecule has 0 amide bonds. The molecule has 88 valence electrons. The van der Waals surface area contributed by atoms with E-state index in [4.69, 9.17) is 10.6 Å². The third-order valence-electron chi connectivity index (χ3n) is 2.18. The van der Waals surface area contributed by atoms with Gasteiger partial charge in [-0.05, 0) is 36.4 Å². The molecule has 1 aromatic carbocycles. The number of aromatic nitrogens is 1. The van der Waals surface area contributed by atoms with Crippen molar-refractivity contribution in [3.8, 4) is 5.75 Å². The van der Waals surface area contributed by atoms with Crippen molar-refractivity contribution in [2.24, 2.45) is 5.84 Å². The van der Waals surface area contributed by atoms with E-state index in [0.717, 1.165) is 11.4 Å². The Morgan fingerprint density at radius 1 is 1.24 bits per heavy atom. The minimum atomic E-state index is -0.287. The smallest absolute Gasteiger partial charge is 0.130 e. The Morgan fingerprint density at radius 3 is 2.71 bits per heavy atom. The summed E-state index contributed by atoms with van der Waals surface area (Å²) >= 11 is 0. The van der Waals surface area contributed by atoms with Gasteiger partial charge in [-0.15, -0.1) is 0 Å². The van der Waals surface area contributed by atoms with E-state index in [0.29, 0.717) is 12.4 Å². The number of nitrogens with one attached hydrogen (secondary N) is 1. The second-order valence-corrected chi connectivity index (χ2v) is 3.42. The van der Waals surface area contributed by atoms with Crippen LogP contribution in [0.3, 0.4) is 0 Å². The highest BCUT2D eigenvalue weighted by atomic mass is 19.1. The molecule has 0 aliphatic rings. The van der Waals surface area contributed by atoms with Crippen LogP contribution in [0.15, 0.2) is 42.6 Å². The number of nitrogens with zero attached hydrogens (tertiary/aromatic N) is 1. The van der Waals surface area contributed by atoms with Gasteiger partial charge in [0.1, 0.15) is 18.2 Å². The number of halogens is 1. The van der Waals surface area contributed by atoms with Gasteiger partial charge in [0, 0.05) is 6.20 Å². The Kier molecular flexibility index (Phi) is 3.52. The number of rotatable bonds is 4. The van der Waals surface area contributed by atoms with Crippen molar-refractivity contribution in [1.82, 2.24) is 4.98 Å². The van der Waals surface area contributed by atoms with Crippen LogP contribution in [-0.2, 0) is 6.61 Å². The first kappa shape index (κ1) is 11.3. The van der Waals surface area contributed by atoms with E-state index in [1.54, 1.807) is 30.5 Å². The molecule has 0 unspecified atom stereocenters. The minimum absolute atomic E-state index is 0.287. The van der Waals surface area contributed by atoms with Crippen LogP contribution in [0, 0.1) is 5.82 Å². The van der Waals surface area contributed by atoms with E-state index in [-0.39, 0.29) is 5.82 Å². The largest absolute Gasteiger partial charge is 0.487 e. The normalized spacial score (nSPS) is 10.0. The zero-order chi connectivity index (χ0) is 12.1. The predicted octanol–water partition coefficient (Wildman–Crippen LogP) is 2.09. The Labute approximate surface area is 98.2 Å². The first-order valence-corrected chi connectivity index (χ1v) is 5.08. The number of nitrogen functional groups attached to an aromatic ring is 1. The molecule has 2 rings (SSSR count). The minimum Gasteiger partial charge on any atom is -0.487 e. The molecule has 0 saturated carbocycles. The highest BCUT2D eigenvalue weighted by Crippen LogP contribution is 2.13. The quantitative estimate of drug-likeness (QED) is 0.627. The van der Waals surface area contributed by atoms with Crippen LogP contribution >= 0.6 is 0 Å². The summed E-state index contributed by atoms with van der Waals surface area (Å²) in [5, 5.41) is 0. The maximum Gasteiger partial charge on any atom is 0.130 e. The average Bonchev–Trinajstić information content (AvgIpc) is 2.38. The van der Waals surface area contributed by atoms with Crippen LogP contribution in [0.2, 0.25) is 0 Å². The molecule has 4 nitrogen and oxygen atoms in total. The summed E-state index contributed by atoms with van der Waals surface area (Å²) in [5.74, 6) is 5.59. The van der Waals surface area contributed by atoms with E-state index in [1.807, 2.05) is 0 Å². The number of hydrazine groups is 1. The molecule has 2 aromatic rings. The molecule has 0 atom stereocenters. The SMILES string of the molecule is NNc1ccnc(COc2ccc(F)cc2)c1. The van der Waals surface area contributed by atoms with Crippen LogP contribution < -0.4 is 16.0 Å². The lowest BCUT2D eigenvalue weighted by Gasteiger charge is -2.06. The van der Waals surface area contributed by atoms with E-state index >= 15 is 0 Å². The Morgan fingerprint density at radius 2 is 2.00 bits per heavy atom. The van der Waals surface area contributed by atoms with Crippen molar-refractivity contribution < 1.29 is 9.13 Å². The zero-order valence-electron chi connectivity index (χ0n) is 9.06. The topological polar surface area (TPSA) is 60.2 Å². The third-order valence-corrected chi connectivity index (χ3v) is 2.18. The van der Waals surface area contributed by atoms with Crippen molar-refractivity contribution in [3.63, 3.8) is 0 Å². The van der Waals surface area contributed by atoms with Gasteiger partial charge >= 0.3 is 0 Å². The van der Waals surface area contributed by atoms with Gasteiger partial charge in [-0.1, -0.05) is 0 Å². The molecule has 0 bridgehead atoms. The van der Waals surface area contributed by atoms with Gasteiger partial charge in [-0.25, -0.2) is 4.39 Å². The molecule has 0 aliphatic carbocycles. The van der Waals surface area contributed by atoms with Crippen molar-refractivity contribution in [2.75, 3.05) is 5.43 Å². The summed E-state index contributed by atoms with van der Waals surface area (Å²) in [6.45, 7) is 0.307. The molecule has 0 aliphatic heterocycles. The average molecular weight is 233 g/mol. The van der Waals surface area contributed by atoms with Crippen LogP contribution in [0.5, 0.6) is 5.75 Å². The number of pyridine rings is 1.